The normalized spacial score (nSPS) is 14.4. The molecule has 6 heteroatoms. The second-order valence-corrected chi connectivity index (χ2v) is 7.65. The minimum absolute atomic E-state index is 0.0932. The summed E-state index contributed by atoms with van der Waals surface area (Å²) in [5.41, 5.74) is 3.15. The Morgan fingerprint density at radius 1 is 0.939 bits per heavy atom. The number of hydrogen-bond donors (Lipinski definition) is 0. The number of aromatic nitrogens is 1. The van der Waals surface area contributed by atoms with Crippen LogP contribution in [-0.4, -0.2) is 22.3 Å². The Hall–Kier alpha value is -4.45. The Labute approximate surface area is 190 Å². The van der Waals surface area contributed by atoms with E-state index < -0.39 is 5.97 Å². The van der Waals surface area contributed by atoms with E-state index in [0.29, 0.717) is 11.3 Å². The van der Waals surface area contributed by atoms with Gasteiger partial charge in [-0.25, -0.2) is 9.79 Å². The number of carbonyl (C=O) groups is 2. The number of benzene rings is 3. The van der Waals surface area contributed by atoms with Gasteiger partial charge in [0.25, 0.3) is 0 Å². The lowest BCUT2D eigenvalue weighted by Crippen LogP contribution is -2.07. The smallest absolute Gasteiger partial charge is 0.363 e. The van der Waals surface area contributed by atoms with Crippen LogP contribution in [0.1, 0.15) is 28.5 Å². The third-order valence-corrected chi connectivity index (χ3v) is 5.46. The highest BCUT2D eigenvalue weighted by atomic mass is 16.6. The summed E-state index contributed by atoms with van der Waals surface area (Å²) in [4.78, 5) is 29.2. The number of rotatable bonds is 4. The van der Waals surface area contributed by atoms with Crippen molar-refractivity contribution in [2.45, 2.75) is 13.8 Å². The van der Waals surface area contributed by atoms with E-state index in [1.165, 1.54) is 6.92 Å². The van der Waals surface area contributed by atoms with Crippen LogP contribution in [0, 0.1) is 6.92 Å². The Kier molecular flexibility index (Phi) is 5.11. The highest BCUT2D eigenvalue weighted by Gasteiger charge is 2.25. The van der Waals surface area contributed by atoms with Gasteiger partial charge in [-0.15, -0.1) is 0 Å². The van der Waals surface area contributed by atoms with Gasteiger partial charge in [0.2, 0.25) is 11.8 Å². The quantitative estimate of drug-likeness (QED) is 0.302. The first-order valence-electron chi connectivity index (χ1n) is 10.5. The van der Waals surface area contributed by atoms with E-state index in [0.717, 1.165) is 27.9 Å². The SMILES string of the molecule is CC(=O)n1c(C)c(/C=C2\N=C(c3ccc(Oc4ccccc4)cc3)OC2=O)c2ccccc21. The molecule has 0 spiro atoms. The van der Waals surface area contributed by atoms with E-state index in [1.54, 1.807) is 34.9 Å². The van der Waals surface area contributed by atoms with Crippen molar-refractivity contribution >= 4 is 34.8 Å². The van der Waals surface area contributed by atoms with Crippen LogP contribution in [0.25, 0.3) is 17.0 Å². The number of hydrogen-bond acceptors (Lipinski definition) is 5. The average Bonchev–Trinajstić information content (AvgIpc) is 3.32. The van der Waals surface area contributed by atoms with Crippen molar-refractivity contribution in [1.82, 2.24) is 4.57 Å². The summed E-state index contributed by atoms with van der Waals surface area (Å²) in [5.74, 6) is 1.00. The molecule has 162 valence electrons. The highest BCUT2D eigenvalue weighted by molar-refractivity contribution is 6.13. The lowest BCUT2D eigenvalue weighted by Gasteiger charge is -2.06. The van der Waals surface area contributed by atoms with Gasteiger partial charge in [-0.1, -0.05) is 36.4 Å². The fourth-order valence-corrected chi connectivity index (χ4v) is 3.94. The van der Waals surface area contributed by atoms with Crippen molar-refractivity contribution in [2.75, 3.05) is 0 Å². The van der Waals surface area contributed by atoms with Gasteiger partial charge in [0, 0.05) is 29.1 Å². The van der Waals surface area contributed by atoms with Crippen molar-refractivity contribution in [3.05, 3.63) is 101 Å². The van der Waals surface area contributed by atoms with E-state index in [4.69, 9.17) is 9.47 Å². The maximum atomic E-state index is 12.6. The number of para-hydroxylation sites is 2. The molecule has 33 heavy (non-hydrogen) atoms. The summed E-state index contributed by atoms with van der Waals surface area (Å²) in [7, 11) is 0. The van der Waals surface area contributed by atoms with E-state index in [2.05, 4.69) is 4.99 Å². The van der Waals surface area contributed by atoms with Gasteiger partial charge in [-0.2, -0.15) is 0 Å². The number of carbonyl (C=O) groups excluding carboxylic acids is 2. The van der Waals surface area contributed by atoms with Crippen molar-refractivity contribution in [1.29, 1.82) is 0 Å². The highest BCUT2D eigenvalue weighted by Crippen LogP contribution is 2.30. The molecule has 0 unspecified atom stereocenters. The predicted octanol–water partition coefficient (Wildman–Crippen LogP) is 5.75. The van der Waals surface area contributed by atoms with E-state index in [-0.39, 0.29) is 17.5 Å². The largest absolute Gasteiger partial charge is 0.457 e. The van der Waals surface area contributed by atoms with Gasteiger partial charge in [-0.05, 0) is 55.5 Å². The zero-order chi connectivity index (χ0) is 22.9. The molecule has 0 atom stereocenters. The molecule has 0 N–H and O–H groups in total. The Morgan fingerprint density at radius 3 is 2.33 bits per heavy atom. The van der Waals surface area contributed by atoms with Crippen LogP contribution in [0.3, 0.4) is 0 Å². The molecular formula is C27H20N2O4. The Balaban J connectivity index is 1.47. The topological polar surface area (TPSA) is 69.9 Å². The number of ether oxygens (including phenoxy) is 2. The van der Waals surface area contributed by atoms with Crippen LogP contribution in [0.2, 0.25) is 0 Å². The minimum Gasteiger partial charge on any atom is -0.457 e. The molecule has 0 aliphatic carbocycles. The molecule has 0 saturated carbocycles. The third kappa shape index (κ3) is 3.83. The molecule has 0 fully saturated rings. The fraction of sp³-hybridized carbons (Fsp3) is 0.0741. The molecule has 6 nitrogen and oxygen atoms in total. The number of esters is 1. The number of nitrogens with zero attached hydrogens (tertiary/aromatic N) is 2. The van der Waals surface area contributed by atoms with Gasteiger partial charge >= 0.3 is 5.97 Å². The minimum atomic E-state index is -0.534. The van der Waals surface area contributed by atoms with Gasteiger partial charge in [0.1, 0.15) is 11.5 Å². The van der Waals surface area contributed by atoms with Crippen molar-refractivity contribution < 1.29 is 19.1 Å². The fourth-order valence-electron chi connectivity index (χ4n) is 3.94. The third-order valence-electron chi connectivity index (χ3n) is 5.46. The van der Waals surface area contributed by atoms with Gasteiger partial charge in [0.15, 0.2) is 5.70 Å². The number of fused-ring (bicyclic) bond motifs is 1. The van der Waals surface area contributed by atoms with Gasteiger partial charge < -0.3 is 9.47 Å². The molecule has 0 amide bonds. The van der Waals surface area contributed by atoms with Crippen molar-refractivity contribution in [3.63, 3.8) is 0 Å². The maximum Gasteiger partial charge on any atom is 0.363 e. The van der Waals surface area contributed by atoms with Crippen molar-refractivity contribution in [2.24, 2.45) is 4.99 Å². The van der Waals surface area contributed by atoms with Crippen LogP contribution in [-0.2, 0) is 9.53 Å². The first-order valence-corrected chi connectivity index (χ1v) is 10.5. The summed E-state index contributed by atoms with van der Waals surface area (Å²) in [6.45, 7) is 3.37. The second kappa shape index (κ2) is 8.24. The number of aliphatic imine (C=N–C) groups is 1. The van der Waals surface area contributed by atoms with Crippen molar-refractivity contribution in [3.8, 4) is 11.5 Å². The average molecular weight is 436 g/mol. The number of cyclic esters (lactones) is 1. The van der Waals surface area contributed by atoms with E-state index in [1.807, 2.05) is 61.5 Å². The standard InChI is InChI=1S/C27H20N2O4/c1-17-23(22-10-6-7-11-25(22)29(17)18(2)30)16-24-27(31)33-26(28-24)19-12-14-21(15-13-19)32-20-8-4-3-5-9-20/h3-16H,1-2H3/b24-16-. The Bertz CT molecular complexity index is 1450. The zero-order valence-corrected chi connectivity index (χ0v) is 18.1. The van der Waals surface area contributed by atoms with E-state index >= 15 is 0 Å². The first kappa shape index (κ1) is 20.5. The molecule has 4 aromatic rings. The molecule has 0 radical (unpaired) electrons. The van der Waals surface area contributed by atoms with Crippen LogP contribution >= 0.6 is 0 Å². The monoisotopic (exact) mass is 436 g/mol. The molecule has 1 aliphatic heterocycles. The predicted molar refractivity (Wildman–Crippen MR) is 127 cm³/mol. The first-order chi connectivity index (χ1) is 16.0. The summed E-state index contributed by atoms with van der Waals surface area (Å²) in [6, 6.07) is 24.2. The zero-order valence-electron chi connectivity index (χ0n) is 18.1. The molecule has 5 rings (SSSR count). The molecule has 2 heterocycles. The lowest BCUT2D eigenvalue weighted by molar-refractivity contribution is -0.129. The Morgan fingerprint density at radius 2 is 1.61 bits per heavy atom. The van der Waals surface area contributed by atoms with E-state index in [9.17, 15) is 9.59 Å². The summed E-state index contributed by atoms with van der Waals surface area (Å²) >= 11 is 0. The van der Waals surface area contributed by atoms with Crippen LogP contribution in [0.15, 0.2) is 89.6 Å². The summed E-state index contributed by atoms with van der Waals surface area (Å²) in [5, 5.41) is 0.872. The van der Waals surface area contributed by atoms with Crippen LogP contribution in [0.4, 0.5) is 0 Å². The van der Waals surface area contributed by atoms with Crippen LogP contribution < -0.4 is 4.74 Å². The molecule has 1 aromatic heterocycles. The lowest BCUT2D eigenvalue weighted by atomic mass is 10.1. The molecular weight excluding hydrogens is 416 g/mol. The summed E-state index contributed by atoms with van der Waals surface area (Å²) < 4.78 is 12.9. The molecule has 1 aliphatic rings. The molecule has 3 aromatic carbocycles. The molecule has 0 saturated heterocycles. The maximum absolute atomic E-state index is 12.6. The second-order valence-electron chi connectivity index (χ2n) is 7.65. The van der Waals surface area contributed by atoms with Gasteiger partial charge in [-0.3, -0.25) is 9.36 Å². The summed E-state index contributed by atoms with van der Waals surface area (Å²) in [6.07, 6.45) is 1.68. The molecule has 0 bridgehead atoms. The van der Waals surface area contributed by atoms with Gasteiger partial charge in [0.05, 0.1) is 5.52 Å². The van der Waals surface area contributed by atoms with Crippen LogP contribution in [0.5, 0.6) is 11.5 Å².